The topological polar surface area (TPSA) is 82.1 Å². The standard InChI is InChI=1S/C9H12O4.CO2/c1-11-7-12-9-4-2-8(3-5-9)6-13-10;2-1-3/h2-5,10H,6-7H2,1H3;. The first kappa shape index (κ1) is 14.3. The molecule has 0 heterocycles. The first-order valence-corrected chi connectivity index (χ1v) is 4.24. The van der Waals surface area contributed by atoms with Crippen molar-refractivity contribution in [3.63, 3.8) is 0 Å². The van der Waals surface area contributed by atoms with Crippen molar-refractivity contribution in [1.29, 1.82) is 0 Å². The molecular formula is C10H12O6. The maximum Gasteiger partial charge on any atom is 0.373 e. The van der Waals surface area contributed by atoms with Crippen LogP contribution in [-0.2, 0) is 25.8 Å². The number of carbonyl (C=O) groups excluding carboxylic acids is 2. The zero-order valence-electron chi connectivity index (χ0n) is 8.71. The molecule has 88 valence electrons. The van der Waals surface area contributed by atoms with Crippen molar-refractivity contribution >= 4 is 6.15 Å². The van der Waals surface area contributed by atoms with Crippen LogP contribution in [0.1, 0.15) is 5.56 Å². The van der Waals surface area contributed by atoms with Crippen LogP contribution in [0.4, 0.5) is 0 Å². The van der Waals surface area contributed by atoms with Gasteiger partial charge in [0.2, 0.25) is 0 Å². The van der Waals surface area contributed by atoms with E-state index in [0.29, 0.717) is 0 Å². The summed E-state index contributed by atoms with van der Waals surface area (Å²) in [5, 5.41) is 8.18. The zero-order chi connectivity index (χ0) is 12.2. The molecule has 0 fully saturated rings. The van der Waals surface area contributed by atoms with Gasteiger partial charge in [-0.3, -0.25) is 5.26 Å². The molecule has 0 aliphatic heterocycles. The van der Waals surface area contributed by atoms with Gasteiger partial charge in [-0.15, -0.1) is 0 Å². The Morgan fingerprint density at radius 3 is 2.25 bits per heavy atom. The van der Waals surface area contributed by atoms with Crippen LogP contribution in [0.25, 0.3) is 0 Å². The Balaban J connectivity index is 0.000000673. The molecule has 16 heavy (non-hydrogen) atoms. The van der Waals surface area contributed by atoms with E-state index in [4.69, 9.17) is 24.3 Å². The van der Waals surface area contributed by atoms with Gasteiger partial charge in [0.1, 0.15) is 12.4 Å². The molecule has 0 aliphatic rings. The van der Waals surface area contributed by atoms with Crippen molar-refractivity contribution in [3.05, 3.63) is 29.8 Å². The van der Waals surface area contributed by atoms with Crippen molar-refractivity contribution in [1.82, 2.24) is 0 Å². The van der Waals surface area contributed by atoms with Crippen LogP contribution in [0.3, 0.4) is 0 Å². The molecule has 1 rings (SSSR count). The van der Waals surface area contributed by atoms with Crippen LogP contribution < -0.4 is 4.74 Å². The van der Waals surface area contributed by atoms with Gasteiger partial charge in [-0.1, -0.05) is 12.1 Å². The fourth-order valence-electron chi connectivity index (χ4n) is 0.883. The quantitative estimate of drug-likeness (QED) is 0.461. The molecule has 0 aliphatic carbocycles. The fourth-order valence-corrected chi connectivity index (χ4v) is 0.883. The summed E-state index contributed by atoms with van der Waals surface area (Å²) in [6, 6.07) is 7.18. The lowest BCUT2D eigenvalue weighted by atomic mass is 10.2. The van der Waals surface area contributed by atoms with Gasteiger partial charge < -0.3 is 9.47 Å². The van der Waals surface area contributed by atoms with Crippen molar-refractivity contribution in [2.75, 3.05) is 13.9 Å². The van der Waals surface area contributed by atoms with Gasteiger partial charge in [0.05, 0.1) is 0 Å². The number of methoxy groups -OCH3 is 1. The summed E-state index contributed by atoms with van der Waals surface area (Å²) < 4.78 is 9.90. The molecule has 0 aromatic heterocycles. The monoisotopic (exact) mass is 228 g/mol. The number of benzene rings is 1. The van der Waals surface area contributed by atoms with E-state index >= 15 is 0 Å². The van der Waals surface area contributed by atoms with Crippen LogP contribution in [0.5, 0.6) is 5.75 Å². The molecule has 0 saturated carbocycles. The minimum absolute atomic E-state index is 0.185. The molecule has 0 spiro atoms. The molecule has 0 atom stereocenters. The first-order chi connectivity index (χ1) is 7.78. The number of rotatable bonds is 5. The Morgan fingerprint density at radius 2 is 1.81 bits per heavy atom. The van der Waals surface area contributed by atoms with E-state index in [1.54, 1.807) is 31.4 Å². The highest BCUT2D eigenvalue weighted by Gasteiger charge is 1.94. The number of ether oxygens (including phenoxy) is 2. The maximum absolute atomic E-state index is 8.18. The summed E-state index contributed by atoms with van der Waals surface area (Å²) in [6.45, 7) is 0.417. The predicted molar refractivity (Wildman–Crippen MR) is 51.4 cm³/mol. The second-order valence-corrected chi connectivity index (χ2v) is 2.55. The summed E-state index contributed by atoms with van der Waals surface area (Å²) in [5.41, 5.74) is 0.882. The third-order valence-electron chi connectivity index (χ3n) is 1.50. The second kappa shape index (κ2) is 9.82. The Bertz CT molecular complexity index is 302. The molecule has 1 aromatic rings. The molecule has 1 aromatic carbocycles. The molecule has 0 unspecified atom stereocenters. The fraction of sp³-hybridized carbons (Fsp3) is 0.300. The largest absolute Gasteiger partial charge is 0.468 e. The molecule has 0 bridgehead atoms. The van der Waals surface area contributed by atoms with Crippen LogP contribution >= 0.6 is 0 Å². The Kier molecular flexibility index (Phi) is 8.76. The number of hydrogen-bond acceptors (Lipinski definition) is 6. The molecular weight excluding hydrogens is 216 g/mol. The summed E-state index contributed by atoms with van der Waals surface area (Å²) in [6.07, 6.45) is 0.250. The smallest absolute Gasteiger partial charge is 0.373 e. The highest BCUT2D eigenvalue weighted by Crippen LogP contribution is 2.12. The van der Waals surface area contributed by atoms with Crippen molar-refractivity contribution in [2.45, 2.75) is 6.61 Å². The van der Waals surface area contributed by atoms with Crippen molar-refractivity contribution < 1.29 is 29.2 Å². The Hall–Kier alpha value is -1.72. The molecule has 6 nitrogen and oxygen atoms in total. The van der Waals surface area contributed by atoms with E-state index < -0.39 is 0 Å². The zero-order valence-corrected chi connectivity index (χ0v) is 8.71. The third kappa shape index (κ3) is 6.69. The normalized spacial score (nSPS) is 8.62. The average Bonchev–Trinajstić information content (AvgIpc) is 2.30. The molecule has 0 amide bonds. The van der Waals surface area contributed by atoms with E-state index in [0.717, 1.165) is 11.3 Å². The maximum atomic E-state index is 8.18. The summed E-state index contributed by atoms with van der Waals surface area (Å²) in [7, 11) is 1.56. The van der Waals surface area contributed by atoms with Crippen LogP contribution in [-0.4, -0.2) is 25.3 Å². The van der Waals surface area contributed by atoms with Gasteiger partial charge in [-0.25, -0.2) is 4.89 Å². The lowest BCUT2D eigenvalue weighted by molar-refractivity contribution is -0.253. The third-order valence-corrected chi connectivity index (χ3v) is 1.50. The predicted octanol–water partition coefficient (Wildman–Crippen LogP) is 1.08. The van der Waals surface area contributed by atoms with E-state index in [-0.39, 0.29) is 19.6 Å². The van der Waals surface area contributed by atoms with Crippen LogP contribution in [0.15, 0.2) is 24.3 Å². The van der Waals surface area contributed by atoms with Gasteiger partial charge in [0.25, 0.3) is 0 Å². The molecule has 1 N–H and O–H groups in total. The SMILES string of the molecule is COCOc1ccc(COO)cc1.O=C=O. The van der Waals surface area contributed by atoms with Gasteiger partial charge in [-0.2, -0.15) is 9.59 Å². The van der Waals surface area contributed by atoms with E-state index in [2.05, 4.69) is 4.89 Å². The number of hydrogen-bond donors (Lipinski definition) is 1. The Morgan fingerprint density at radius 1 is 1.25 bits per heavy atom. The first-order valence-electron chi connectivity index (χ1n) is 4.24. The summed E-state index contributed by atoms with van der Waals surface area (Å²) in [4.78, 5) is 20.2. The van der Waals surface area contributed by atoms with Crippen molar-refractivity contribution in [2.24, 2.45) is 0 Å². The second-order valence-electron chi connectivity index (χ2n) is 2.55. The lowest BCUT2D eigenvalue weighted by Gasteiger charge is -2.04. The van der Waals surface area contributed by atoms with E-state index in [1.165, 1.54) is 0 Å². The van der Waals surface area contributed by atoms with Gasteiger partial charge in [0.15, 0.2) is 6.79 Å². The summed E-state index contributed by atoms with van der Waals surface area (Å²) in [5.74, 6) is 0.725. The molecule has 6 heteroatoms. The Labute approximate surface area is 92.3 Å². The summed E-state index contributed by atoms with van der Waals surface area (Å²) >= 11 is 0. The minimum atomic E-state index is 0.185. The van der Waals surface area contributed by atoms with Gasteiger partial charge >= 0.3 is 6.15 Å². The lowest BCUT2D eigenvalue weighted by Crippen LogP contribution is -1.98. The van der Waals surface area contributed by atoms with E-state index in [9.17, 15) is 0 Å². The van der Waals surface area contributed by atoms with Crippen LogP contribution in [0, 0.1) is 0 Å². The molecule has 0 saturated heterocycles. The van der Waals surface area contributed by atoms with E-state index in [1.807, 2.05) is 0 Å². The van der Waals surface area contributed by atoms with Gasteiger partial charge in [0, 0.05) is 7.11 Å². The van der Waals surface area contributed by atoms with Crippen LogP contribution in [0.2, 0.25) is 0 Å². The highest BCUT2D eigenvalue weighted by atomic mass is 17.1. The highest BCUT2D eigenvalue weighted by molar-refractivity contribution is 5.26. The van der Waals surface area contributed by atoms with Gasteiger partial charge in [-0.05, 0) is 17.7 Å². The average molecular weight is 228 g/mol. The van der Waals surface area contributed by atoms with Crippen molar-refractivity contribution in [3.8, 4) is 5.75 Å². The minimum Gasteiger partial charge on any atom is -0.468 e. The molecule has 0 radical (unpaired) electrons.